The van der Waals surface area contributed by atoms with Gasteiger partial charge in [0.15, 0.2) is 0 Å². The first-order valence-electron chi connectivity index (χ1n) is 6.78. The fraction of sp³-hybridized carbons (Fsp3) is 0.312. The summed E-state index contributed by atoms with van der Waals surface area (Å²) in [4.78, 5) is 4.52. The summed E-state index contributed by atoms with van der Waals surface area (Å²) in [7, 11) is 0. The summed E-state index contributed by atoms with van der Waals surface area (Å²) >= 11 is 3.48. The van der Waals surface area contributed by atoms with Crippen molar-refractivity contribution in [2.24, 2.45) is 0 Å². The molecule has 106 valence electrons. The number of anilines is 1. The van der Waals surface area contributed by atoms with Crippen LogP contribution in [0.25, 0.3) is 0 Å². The highest BCUT2D eigenvalue weighted by atomic mass is 79.9. The van der Waals surface area contributed by atoms with Crippen LogP contribution in [0.2, 0.25) is 0 Å². The third-order valence-corrected chi connectivity index (χ3v) is 3.77. The summed E-state index contributed by atoms with van der Waals surface area (Å²) < 4.78 is 6.87. The van der Waals surface area contributed by atoms with Gasteiger partial charge in [-0.15, -0.1) is 0 Å². The van der Waals surface area contributed by atoms with Crippen LogP contribution in [0.3, 0.4) is 0 Å². The maximum atomic E-state index is 5.78. The van der Waals surface area contributed by atoms with Gasteiger partial charge in [0, 0.05) is 11.0 Å². The van der Waals surface area contributed by atoms with E-state index >= 15 is 0 Å². The number of pyridine rings is 1. The van der Waals surface area contributed by atoms with Crippen LogP contribution in [0.5, 0.6) is 5.75 Å². The Morgan fingerprint density at radius 3 is 2.85 bits per heavy atom. The van der Waals surface area contributed by atoms with Crippen LogP contribution < -0.4 is 10.1 Å². The van der Waals surface area contributed by atoms with E-state index in [1.807, 2.05) is 43.3 Å². The minimum Gasteiger partial charge on any atom is -0.487 e. The maximum absolute atomic E-state index is 5.78. The van der Waals surface area contributed by atoms with E-state index in [9.17, 15) is 0 Å². The molecule has 0 radical (unpaired) electrons. The Morgan fingerprint density at radius 1 is 1.25 bits per heavy atom. The van der Waals surface area contributed by atoms with Gasteiger partial charge in [-0.2, -0.15) is 0 Å². The third-order valence-electron chi connectivity index (χ3n) is 2.88. The molecule has 0 unspecified atom stereocenters. The lowest BCUT2D eigenvalue weighted by Gasteiger charge is -2.09. The largest absolute Gasteiger partial charge is 0.487 e. The molecule has 0 bridgehead atoms. The SMILES string of the molecule is CCCNc1cccc(COc2ccc(Br)c(C)c2)n1. The third kappa shape index (κ3) is 4.23. The Labute approximate surface area is 128 Å². The monoisotopic (exact) mass is 334 g/mol. The van der Waals surface area contributed by atoms with Crippen molar-refractivity contribution in [2.75, 3.05) is 11.9 Å². The molecule has 20 heavy (non-hydrogen) atoms. The molecule has 3 nitrogen and oxygen atoms in total. The maximum Gasteiger partial charge on any atom is 0.130 e. The first-order chi connectivity index (χ1) is 9.69. The molecule has 1 aromatic carbocycles. The molecule has 1 heterocycles. The lowest BCUT2D eigenvalue weighted by atomic mass is 10.2. The normalized spacial score (nSPS) is 10.3. The zero-order valence-electron chi connectivity index (χ0n) is 11.8. The van der Waals surface area contributed by atoms with Crippen molar-refractivity contribution >= 4 is 21.7 Å². The molecule has 1 aromatic heterocycles. The Morgan fingerprint density at radius 2 is 2.10 bits per heavy atom. The zero-order chi connectivity index (χ0) is 14.4. The van der Waals surface area contributed by atoms with E-state index in [0.717, 1.165) is 40.3 Å². The fourth-order valence-electron chi connectivity index (χ4n) is 1.78. The minimum atomic E-state index is 0.475. The molecular weight excluding hydrogens is 316 g/mol. The average molecular weight is 335 g/mol. The molecule has 0 amide bonds. The quantitative estimate of drug-likeness (QED) is 0.841. The summed E-state index contributed by atoms with van der Waals surface area (Å²) in [5.41, 5.74) is 2.08. The van der Waals surface area contributed by atoms with Crippen molar-refractivity contribution in [3.05, 3.63) is 52.1 Å². The van der Waals surface area contributed by atoms with E-state index in [-0.39, 0.29) is 0 Å². The van der Waals surface area contributed by atoms with Crippen molar-refractivity contribution in [3.8, 4) is 5.75 Å². The first-order valence-corrected chi connectivity index (χ1v) is 7.57. The van der Waals surface area contributed by atoms with Gasteiger partial charge in [-0.1, -0.05) is 28.9 Å². The van der Waals surface area contributed by atoms with Gasteiger partial charge in [0.05, 0.1) is 5.69 Å². The molecule has 0 aliphatic heterocycles. The Kier molecular flexibility index (Phi) is 5.41. The van der Waals surface area contributed by atoms with E-state index in [1.165, 1.54) is 0 Å². The summed E-state index contributed by atoms with van der Waals surface area (Å²) in [6.45, 7) is 5.59. The number of hydrogen-bond acceptors (Lipinski definition) is 3. The number of nitrogens with zero attached hydrogens (tertiary/aromatic N) is 1. The lowest BCUT2D eigenvalue weighted by Crippen LogP contribution is -2.04. The number of aryl methyl sites for hydroxylation is 1. The van der Waals surface area contributed by atoms with Gasteiger partial charge >= 0.3 is 0 Å². The predicted octanol–water partition coefficient (Wildman–Crippen LogP) is 4.55. The minimum absolute atomic E-state index is 0.475. The van der Waals surface area contributed by atoms with Crippen LogP contribution in [-0.4, -0.2) is 11.5 Å². The highest BCUT2D eigenvalue weighted by Crippen LogP contribution is 2.22. The molecule has 1 N–H and O–H groups in total. The fourth-order valence-corrected chi connectivity index (χ4v) is 2.02. The number of hydrogen-bond donors (Lipinski definition) is 1. The average Bonchev–Trinajstić information content (AvgIpc) is 2.47. The van der Waals surface area contributed by atoms with Crippen LogP contribution >= 0.6 is 15.9 Å². The second kappa shape index (κ2) is 7.29. The number of nitrogens with one attached hydrogen (secondary N) is 1. The van der Waals surface area contributed by atoms with Gasteiger partial charge in [-0.3, -0.25) is 0 Å². The molecule has 0 saturated heterocycles. The molecule has 4 heteroatoms. The van der Waals surface area contributed by atoms with Gasteiger partial charge in [0.2, 0.25) is 0 Å². The first kappa shape index (κ1) is 14.9. The van der Waals surface area contributed by atoms with Gasteiger partial charge in [-0.25, -0.2) is 4.98 Å². The molecular formula is C16H19BrN2O. The van der Waals surface area contributed by atoms with E-state index in [0.29, 0.717) is 6.61 Å². The Hall–Kier alpha value is -1.55. The topological polar surface area (TPSA) is 34.1 Å². The molecule has 2 rings (SSSR count). The van der Waals surface area contributed by atoms with Gasteiger partial charge in [0.25, 0.3) is 0 Å². The van der Waals surface area contributed by atoms with Crippen LogP contribution in [0.15, 0.2) is 40.9 Å². The summed E-state index contributed by atoms with van der Waals surface area (Å²) in [5.74, 6) is 1.76. The molecule has 0 aliphatic rings. The van der Waals surface area contributed by atoms with Gasteiger partial charge in [0.1, 0.15) is 18.2 Å². The molecule has 0 spiro atoms. The standard InChI is InChI=1S/C16H19BrN2O/c1-3-9-18-16-6-4-5-13(19-16)11-20-14-7-8-15(17)12(2)10-14/h4-8,10H,3,9,11H2,1-2H3,(H,18,19). The van der Waals surface area contributed by atoms with Gasteiger partial charge in [-0.05, 0) is 49.2 Å². The Balaban J connectivity index is 1.97. The van der Waals surface area contributed by atoms with E-state index in [1.54, 1.807) is 0 Å². The second-order valence-electron chi connectivity index (χ2n) is 4.64. The van der Waals surface area contributed by atoms with Crippen LogP contribution in [0, 0.1) is 6.92 Å². The van der Waals surface area contributed by atoms with Crippen molar-refractivity contribution in [1.29, 1.82) is 0 Å². The molecule has 0 aliphatic carbocycles. The lowest BCUT2D eigenvalue weighted by molar-refractivity contribution is 0.301. The van der Waals surface area contributed by atoms with Crippen LogP contribution in [-0.2, 0) is 6.61 Å². The molecule has 0 saturated carbocycles. The number of ether oxygens (including phenoxy) is 1. The number of halogens is 1. The van der Waals surface area contributed by atoms with E-state index in [2.05, 4.69) is 33.2 Å². The van der Waals surface area contributed by atoms with Gasteiger partial charge < -0.3 is 10.1 Å². The highest BCUT2D eigenvalue weighted by molar-refractivity contribution is 9.10. The van der Waals surface area contributed by atoms with Crippen LogP contribution in [0.1, 0.15) is 24.6 Å². The highest BCUT2D eigenvalue weighted by Gasteiger charge is 2.01. The van der Waals surface area contributed by atoms with Crippen molar-refractivity contribution < 1.29 is 4.74 Å². The molecule has 0 atom stereocenters. The van der Waals surface area contributed by atoms with E-state index in [4.69, 9.17) is 4.74 Å². The smallest absolute Gasteiger partial charge is 0.130 e. The predicted molar refractivity (Wildman–Crippen MR) is 86.2 cm³/mol. The van der Waals surface area contributed by atoms with Crippen LogP contribution in [0.4, 0.5) is 5.82 Å². The van der Waals surface area contributed by atoms with E-state index < -0.39 is 0 Å². The van der Waals surface area contributed by atoms with Crippen molar-refractivity contribution in [1.82, 2.24) is 4.98 Å². The zero-order valence-corrected chi connectivity index (χ0v) is 13.4. The number of aromatic nitrogens is 1. The molecule has 0 fully saturated rings. The second-order valence-corrected chi connectivity index (χ2v) is 5.49. The summed E-state index contributed by atoms with van der Waals surface area (Å²) in [6.07, 6.45) is 1.08. The van der Waals surface area contributed by atoms with Crippen molar-refractivity contribution in [3.63, 3.8) is 0 Å². The van der Waals surface area contributed by atoms with Crippen molar-refractivity contribution in [2.45, 2.75) is 26.9 Å². The number of rotatable bonds is 6. The number of benzene rings is 1. The summed E-state index contributed by atoms with van der Waals surface area (Å²) in [5, 5.41) is 3.28. The summed E-state index contributed by atoms with van der Waals surface area (Å²) in [6, 6.07) is 11.9. The molecule has 2 aromatic rings. The Bertz CT molecular complexity index is 572.